The van der Waals surface area contributed by atoms with Gasteiger partial charge in [-0.15, -0.1) is 0 Å². The maximum absolute atomic E-state index is 12.5. The quantitative estimate of drug-likeness (QED) is 0.858. The molecular weight excluding hydrogens is 332 g/mol. The summed E-state index contributed by atoms with van der Waals surface area (Å²) in [4.78, 5) is 27.1. The number of amides is 1. The minimum Gasteiger partial charge on any atom is -0.451 e. The fourth-order valence-electron chi connectivity index (χ4n) is 3.36. The highest BCUT2D eigenvalue weighted by molar-refractivity contribution is 5.93. The molecule has 1 amide bonds. The van der Waals surface area contributed by atoms with Gasteiger partial charge < -0.3 is 14.5 Å². The van der Waals surface area contributed by atoms with Crippen LogP contribution >= 0.6 is 0 Å². The first-order valence-electron chi connectivity index (χ1n) is 9.17. The zero-order valence-electron chi connectivity index (χ0n) is 15.4. The normalized spacial score (nSPS) is 16.7. The number of nitrogens with one attached hydrogen (secondary N) is 1. The zero-order chi connectivity index (χ0) is 18.5. The van der Waals surface area contributed by atoms with Crippen LogP contribution in [-0.2, 0) is 4.74 Å². The number of para-hydroxylation sites is 1. The molecule has 6 heteroatoms. The largest absolute Gasteiger partial charge is 0.451 e. The van der Waals surface area contributed by atoms with E-state index in [9.17, 15) is 9.59 Å². The molecule has 1 saturated heterocycles. The van der Waals surface area contributed by atoms with Crippen LogP contribution in [0.1, 0.15) is 30.8 Å². The highest BCUT2D eigenvalue weighted by Gasteiger charge is 2.23. The summed E-state index contributed by atoms with van der Waals surface area (Å²) >= 11 is 0. The lowest BCUT2D eigenvalue weighted by Crippen LogP contribution is -2.49. The molecule has 1 N–H and O–H groups in total. The van der Waals surface area contributed by atoms with Crippen LogP contribution in [0.4, 0.5) is 0 Å². The van der Waals surface area contributed by atoms with Gasteiger partial charge in [0.25, 0.3) is 5.91 Å². The van der Waals surface area contributed by atoms with E-state index in [1.54, 1.807) is 24.3 Å². The summed E-state index contributed by atoms with van der Waals surface area (Å²) < 4.78 is 11.0. The Morgan fingerprint density at radius 1 is 1.23 bits per heavy atom. The second-order valence-electron chi connectivity index (χ2n) is 7.11. The molecule has 2 heterocycles. The van der Waals surface area contributed by atoms with E-state index in [4.69, 9.17) is 9.15 Å². The van der Waals surface area contributed by atoms with E-state index in [1.807, 2.05) is 0 Å². The minimum atomic E-state index is -0.352. The van der Waals surface area contributed by atoms with Crippen LogP contribution in [-0.4, -0.2) is 49.7 Å². The van der Waals surface area contributed by atoms with E-state index in [0.29, 0.717) is 23.4 Å². The van der Waals surface area contributed by atoms with Crippen LogP contribution in [0.2, 0.25) is 0 Å². The van der Waals surface area contributed by atoms with Crippen molar-refractivity contribution in [1.29, 1.82) is 0 Å². The van der Waals surface area contributed by atoms with Crippen molar-refractivity contribution in [3.05, 3.63) is 46.3 Å². The Morgan fingerprint density at radius 3 is 2.69 bits per heavy atom. The molecular formula is C20H26N2O4. The van der Waals surface area contributed by atoms with Crippen molar-refractivity contribution < 1.29 is 13.9 Å². The van der Waals surface area contributed by atoms with E-state index < -0.39 is 0 Å². The van der Waals surface area contributed by atoms with Gasteiger partial charge in [-0.1, -0.05) is 26.0 Å². The lowest BCUT2D eigenvalue weighted by Gasteiger charge is -2.35. The van der Waals surface area contributed by atoms with Gasteiger partial charge in [-0.05, 0) is 24.5 Å². The first-order chi connectivity index (χ1) is 12.5. The number of nitrogens with zero attached hydrogens (tertiary/aromatic N) is 1. The molecule has 0 bridgehead atoms. The van der Waals surface area contributed by atoms with Gasteiger partial charge >= 0.3 is 0 Å². The molecule has 1 aromatic carbocycles. The van der Waals surface area contributed by atoms with Crippen LogP contribution in [0.25, 0.3) is 11.0 Å². The lowest BCUT2D eigenvalue weighted by atomic mass is 10.0. The number of carbonyl (C=O) groups is 1. The van der Waals surface area contributed by atoms with Gasteiger partial charge in [-0.2, -0.15) is 0 Å². The summed E-state index contributed by atoms with van der Waals surface area (Å²) in [5.41, 5.74) is 0.223. The molecule has 1 aromatic heterocycles. The Hall–Kier alpha value is -2.18. The number of morpholine rings is 1. The predicted molar refractivity (Wildman–Crippen MR) is 100 cm³/mol. The summed E-state index contributed by atoms with van der Waals surface area (Å²) in [7, 11) is 0. The number of ether oxygens (including phenoxy) is 1. The summed E-state index contributed by atoms with van der Waals surface area (Å²) in [6.07, 6.45) is 0.988. The molecule has 2 aromatic rings. The molecule has 0 radical (unpaired) electrons. The van der Waals surface area contributed by atoms with Gasteiger partial charge in [0.15, 0.2) is 11.2 Å². The van der Waals surface area contributed by atoms with Crippen molar-refractivity contribution >= 4 is 16.9 Å². The Balaban J connectivity index is 1.70. The summed E-state index contributed by atoms with van der Waals surface area (Å²) in [5, 5.41) is 3.42. The Bertz CT molecular complexity index is 809. The molecule has 0 aliphatic carbocycles. The SMILES string of the molecule is CC(C)CC(CNC(=O)c1cc(=O)c2ccccc2o1)N1CCOCC1. The fraction of sp³-hybridized carbons (Fsp3) is 0.500. The second-order valence-corrected chi connectivity index (χ2v) is 7.11. The van der Waals surface area contributed by atoms with Gasteiger partial charge in [0.1, 0.15) is 5.58 Å². The molecule has 1 fully saturated rings. The number of carbonyl (C=O) groups excluding carboxylic acids is 1. The Kier molecular flexibility index (Phi) is 6.06. The van der Waals surface area contributed by atoms with Crippen LogP contribution in [0.5, 0.6) is 0 Å². The number of rotatable bonds is 6. The topological polar surface area (TPSA) is 71.8 Å². The van der Waals surface area contributed by atoms with E-state index >= 15 is 0 Å². The van der Waals surface area contributed by atoms with Crippen molar-refractivity contribution in [3.63, 3.8) is 0 Å². The third-order valence-electron chi connectivity index (χ3n) is 4.66. The van der Waals surface area contributed by atoms with Crippen molar-refractivity contribution in [2.24, 2.45) is 5.92 Å². The highest BCUT2D eigenvalue weighted by Crippen LogP contribution is 2.14. The van der Waals surface area contributed by atoms with Gasteiger partial charge in [0, 0.05) is 31.7 Å². The lowest BCUT2D eigenvalue weighted by molar-refractivity contribution is 0.0124. The molecule has 1 aliphatic heterocycles. The smallest absolute Gasteiger partial charge is 0.287 e. The van der Waals surface area contributed by atoms with E-state index in [2.05, 4.69) is 24.1 Å². The Morgan fingerprint density at radius 2 is 1.96 bits per heavy atom. The second kappa shape index (κ2) is 8.47. The van der Waals surface area contributed by atoms with E-state index in [0.717, 1.165) is 32.7 Å². The maximum Gasteiger partial charge on any atom is 0.287 e. The van der Waals surface area contributed by atoms with Gasteiger partial charge in [0.05, 0.1) is 18.6 Å². The molecule has 26 heavy (non-hydrogen) atoms. The van der Waals surface area contributed by atoms with Gasteiger partial charge in [-0.25, -0.2) is 0 Å². The fourth-order valence-corrected chi connectivity index (χ4v) is 3.36. The number of hydrogen-bond acceptors (Lipinski definition) is 5. The van der Waals surface area contributed by atoms with Crippen LogP contribution in [0.15, 0.2) is 39.5 Å². The van der Waals surface area contributed by atoms with Crippen molar-refractivity contribution in [2.75, 3.05) is 32.8 Å². The molecule has 6 nitrogen and oxygen atoms in total. The molecule has 1 atom stereocenters. The molecule has 3 rings (SSSR count). The molecule has 1 aliphatic rings. The van der Waals surface area contributed by atoms with Gasteiger partial charge in [-0.3, -0.25) is 14.5 Å². The Labute approximate surface area is 153 Å². The highest BCUT2D eigenvalue weighted by atomic mass is 16.5. The zero-order valence-corrected chi connectivity index (χ0v) is 15.4. The minimum absolute atomic E-state index is 0.0546. The number of hydrogen-bond donors (Lipinski definition) is 1. The summed E-state index contributed by atoms with van der Waals surface area (Å²) in [6, 6.07) is 8.46. The van der Waals surface area contributed by atoms with Crippen LogP contribution < -0.4 is 10.7 Å². The van der Waals surface area contributed by atoms with E-state index in [1.165, 1.54) is 6.07 Å². The third kappa shape index (κ3) is 4.51. The summed E-state index contributed by atoms with van der Waals surface area (Å²) in [5.74, 6) is 0.229. The average molecular weight is 358 g/mol. The molecule has 140 valence electrons. The number of benzene rings is 1. The maximum atomic E-state index is 12.5. The predicted octanol–water partition coefficient (Wildman–Crippen LogP) is 2.27. The van der Waals surface area contributed by atoms with Crippen molar-refractivity contribution in [1.82, 2.24) is 10.2 Å². The number of fused-ring (bicyclic) bond motifs is 1. The van der Waals surface area contributed by atoms with Gasteiger partial charge in [0.2, 0.25) is 0 Å². The third-order valence-corrected chi connectivity index (χ3v) is 4.66. The summed E-state index contributed by atoms with van der Waals surface area (Å²) in [6.45, 7) is 8.07. The molecule has 0 spiro atoms. The average Bonchev–Trinajstić information content (AvgIpc) is 2.65. The van der Waals surface area contributed by atoms with Crippen LogP contribution in [0.3, 0.4) is 0 Å². The van der Waals surface area contributed by atoms with Crippen molar-refractivity contribution in [3.8, 4) is 0 Å². The van der Waals surface area contributed by atoms with Crippen LogP contribution in [0, 0.1) is 5.92 Å². The first kappa shape index (κ1) is 18.6. The standard InChI is InChI=1S/C20H26N2O4/c1-14(2)11-15(22-7-9-25-10-8-22)13-21-20(24)19-12-17(23)16-5-3-4-6-18(16)26-19/h3-6,12,14-15H,7-11,13H2,1-2H3,(H,21,24). The molecule has 0 saturated carbocycles. The van der Waals surface area contributed by atoms with E-state index in [-0.39, 0.29) is 23.1 Å². The first-order valence-corrected chi connectivity index (χ1v) is 9.17. The molecule has 1 unspecified atom stereocenters. The monoisotopic (exact) mass is 358 g/mol. The van der Waals surface area contributed by atoms with Crippen molar-refractivity contribution in [2.45, 2.75) is 26.3 Å².